The normalized spacial score (nSPS) is 38.6. The van der Waals surface area contributed by atoms with Crippen LogP contribution in [0.15, 0.2) is 18.2 Å². The number of phenols is 1. The van der Waals surface area contributed by atoms with E-state index < -0.39 is 5.60 Å². The molecule has 0 aliphatic heterocycles. The average Bonchev–Trinajstić information content (AvgIpc) is 2.84. The summed E-state index contributed by atoms with van der Waals surface area (Å²) in [5, 5.41) is 21.3. The van der Waals surface area contributed by atoms with Crippen LogP contribution in [0.1, 0.15) is 76.8 Å². The fourth-order valence-electron chi connectivity index (χ4n) is 6.08. The third kappa shape index (κ3) is 2.67. The van der Waals surface area contributed by atoms with Gasteiger partial charge in [0, 0.05) is 10.8 Å². The van der Waals surface area contributed by atoms with Gasteiger partial charge in [-0.05, 0) is 100 Å². The van der Waals surface area contributed by atoms with Gasteiger partial charge in [-0.3, -0.25) is 0 Å². The zero-order valence-electron chi connectivity index (χ0n) is 16.6. The number of aliphatic hydroxyl groups is 1. The Labute approximate surface area is 158 Å². The van der Waals surface area contributed by atoms with Crippen molar-refractivity contribution in [3.63, 3.8) is 0 Å². The topological polar surface area (TPSA) is 40.5 Å². The molecule has 0 radical (unpaired) electrons. The molecular formula is C24H32O2. The Kier molecular flexibility index (Phi) is 3.98. The van der Waals surface area contributed by atoms with Crippen LogP contribution < -0.4 is 0 Å². The highest BCUT2D eigenvalue weighted by atomic mass is 16.3. The minimum absolute atomic E-state index is 0.0762. The standard InChI is InChI=1S/C24H32O2/c1-22(2,3)13-14-24(26)12-10-21-20-7-5-16-15-17(25)6-8-18(16)19(20)9-11-23(21,24)4/h6,8,15,19-21,25-26H,5,7,9-12H2,1-4H3/t19-,20-,21+,23+,24-/m1/s1. The highest BCUT2D eigenvalue weighted by molar-refractivity contribution is 5.40. The molecular weight excluding hydrogens is 320 g/mol. The van der Waals surface area contributed by atoms with Gasteiger partial charge in [0.05, 0.1) is 0 Å². The first-order valence-electron chi connectivity index (χ1n) is 10.2. The highest BCUT2D eigenvalue weighted by Gasteiger charge is 2.61. The van der Waals surface area contributed by atoms with Crippen molar-refractivity contribution in [3.8, 4) is 17.6 Å². The second kappa shape index (κ2) is 5.77. The molecule has 1 aromatic rings. The van der Waals surface area contributed by atoms with Gasteiger partial charge in [-0.2, -0.15) is 0 Å². The molecule has 2 fully saturated rings. The Morgan fingerprint density at radius 1 is 1.12 bits per heavy atom. The Morgan fingerprint density at radius 3 is 2.62 bits per heavy atom. The number of hydrogen-bond acceptors (Lipinski definition) is 2. The van der Waals surface area contributed by atoms with Gasteiger partial charge in [0.1, 0.15) is 11.4 Å². The van der Waals surface area contributed by atoms with Crippen LogP contribution in [0.4, 0.5) is 0 Å². The number of rotatable bonds is 0. The first-order chi connectivity index (χ1) is 12.1. The van der Waals surface area contributed by atoms with E-state index in [9.17, 15) is 10.2 Å². The second-order valence-electron chi connectivity index (χ2n) is 10.2. The predicted molar refractivity (Wildman–Crippen MR) is 105 cm³/mol. The number of benzene rings is 1. The van der Waals surface area contributed by atoms with Crippen LogP contribution in [0.3, 0.4) is 0 Å². The van der Waals surface area contributed by atoms with E-state index in [0.717, 1.165) is 32.1 Å². The molecule has 2 nitrogen and oxygen atoms in total. The maximum Gasteiger partial charge on any atom is 0.131 e. The van der Waals surface area contributed by atoms with Gasteiger partial charge < -0.3 is 10.2 Å². The Morgan fingerprint density at radius 2 is 1.88 bits per heavy atom. The van der Waals surface area contributed by atoms with Crippen molar-refractivity contribution in [3.05, 3.63) is 29.3 Å². The molecule has 0 amide bonds. The van der Waals surface area contributed by atoms with Gasteiger partial charge in [-0.15, -0.1) is 0 Å². The Hall–Kier alpha value is -1.46. The molecule has 0 heterocycles. The van der Waals surface area contributed by atoms with Gasteiger partial charge in [-0.1, -0.05) is 24.8 Å². The summed E-state index contributed by atoms with van der Waals surface area (Å²) < 4.78 is 0. The van der Waals surface area contributed by atoms with Crippen LogP contribution in [-0.4, -0.2) is 15.8 Å². The monoisotopic (exact) mass is 352 g/mol. The third-order valence-corrected chi connectivity index (χ3v) is 7.51. The number of fused-ring (bicyclic) bond motifs is 5. The molecule has 0 unspecified atom stereocenters. The minimum Gasteiger partial charge on any atom is -0.508 e. The lowest BCUT2D eigenvalue weighted by Gasteiger charge is -2.52. The van der Waals surface area contributed by atoms with Crippen molar-refractivity contribution in [1.29, 1.82) is 0 Å². The van der Waals surface area contributed by atoms with E-state index in [1.807, 2.05) is 12.1 Å². The molecule has 2 N–H and O–H groups in total. The Bertz CT molecular complexity index is 778. The molecule has 5 atom stereocenters. The summed E-state index contributed by atoms with van der Waals surface area (Å²) in [5.74, 6) is 8.80. The molecule has 4 rings (SSSR count). The number of phenolic OH excluding ortho intramolecular Hbond substituents is 1. The van der Waals surface area contributed by atoms with E-state index in [1.165, 1.54) is 17.5 Å². The van der Waals surface area contributed by atoms with Crippen molar-refractivity contribution in [1.82, 2.24) is 0 Å². The minimum atomic E-state index is -0.842. The first kappa shape index (κ1) is 17.9. The van der Waals surface area contributed by atoms with Crippen molar-refractivity contribution < 1.29 is 10.2 Å². The number of aryl methyl sites for hydroxylation is 1. The van der Waals surface area contributed by atoms with Gasteiger partial charge in [0.25, 0.3) is 0 Å². The molecule has 0 saturated heterocycles. The van der Waals surface area contributed by atoms with Crippen molar-refractivity contribution in [2.24, 2.45) is 22.7 Å². The summed E-state index contributed by atoms with van der Waals surface area (Å²) in [7, 11) is 0. The summed E-state index contributed by atoms with van der Waals surface area (Å²) in [6, 6.07) is 5.94. The lowest BCUT2D eigenvalue weighted by Crippen LogP contribution is -2.50. The number of aromatic hydroxyl groups is 1. The molecule has 0 bridgehead atoms. The maximum absolute atomic E-state index is 11.5. The average molecular weight is 353 g/mol. The van der Waals surface area contributed by atoms with Gasteiger partial charge >= 0.3 is 0 Å². The molecule has 26 heavy (non-hydrogen) atoms. The van der Waals surface area contributed by atoms with E-state index in [1.54, 1.807) is 0 Å². The van der Waals surface area contributed by atoms with Crippen molar-refractivity contribution in [2.45, 2.75) is 77.7 Å². The van der Waals surface area contributed by atoms with Crippen molar-refractivity contribution in [2.75, 3.05) is 0 Å². The SMILES string of the molecule is CC(C)(C)C#C[C@]1(O)CC[C@H]2[C@@H]3CCc4cc(O)ccc4[C@H]3CC[C@@]21C. The molecule has 3 aliphatic rings. The molecule has 1 aromatic carbocycles. The molecule has 0 spiro atoms. The zero-order valence-corrected chi connectivity index (χ0v) is 16.6. The molecule has 3 aliphatic carbocycles. The smallest absolute Gasteiger partial charge is 0.131 e. The van der Waals surface area contributed by atoms with Crippen LogP contribution >= 0.6 is 0 Å². The summed E-state index contributed by atoms with van der Waals surface area (Å²) in [5.41, 5.74) is 1.76. The van der Waals surface area contributed by atoms with E-state index >= 15 is 0 Å². The van der Waals surface area contributed by atoms with Crippen molar-refractivity contribution >= 4 is 0 Å². The molecule has 0 aromatic heterocycles. The van der Waals surface area contributed by atoms with E-state index in [4.69, 9.17) is 0 Å². The predicted octanol–water partition coefficient (Wildman–Crippen LogP) is 5.03. The van der Waals surface area contributed by atoms with Crippen LogP contribution in [0.25, 0.3) is 0 Å². The summed E-state index contributed by atoms with van der Waals surface area (Å²) in [6.07, 6.45) is 6.26. The first-order valence-corrected chi connectivity index (χ1v) is 10.2. The van der Waals surface area contributed by atoms with Gasteiger partial charge in [0.15, 0.2) is 0 Å². The van der Waals surface area contributed by atoms with Crippen LogP contribution in [0, 0.1) is 34.5 Å². The van der Waals surface area contributed by atoms with Crippen LogP contribution in [-0.2, 0) is 6.42 Å². The van der Waals surface area contributed by atoms with Gasteiger partial charge in [0.2, 0.25) is 0 Å². The molecule has 2 heteroatoms. The summed E-state index contributed by atoms with van der Waals surface area (Å²) in [6.45, 7) is 8.64. The molecule has 140 valence electrons. The zero-order chi connectivity index (χ0) is 18.7. The molecule has 2 saturated carbocycles. The van der Waals surface area contributed by atoms with Gasteiger partial charge in [-0.25, -0.2) is 0 Å². The fourth-order valence-corrected chi connectivity index (χ4v) is 6.08. The quantitative estimate of drug-likeness (QED) is 0.643. The van der Waals surface area contributed by atoms with Crippen LogP contribution in [0.2, 0.25) is 0 Å². The third-order valence-electron chi connectivity index (χ3n) is 7.51. The Balaban J connectivity index is 1.66. The largest absolute Gasteiger partial charge is 0.508 e. The maximum atomic E-state index is 11.5. The fraction of sp³-hybridized carbons (Fsp3) is 0.667. The number of hydrogen-bond donors (Lipinski definition) is 2. The van der Waals surface area contributed by atoms with E-state index in [2.05, 4.69) is 45.6 Å². The second-order valence-corrected chi connectivity index (χ2v) is 10.2. The lowest BCUT2D eigenvalue weighted by atomic mass is 9.53. The lowest BCUT2D eigenvalue weighted by molar-refractivity contribution is -0.0649. The van der Waals surface area contributed by atoms with E-state index in [0.29, 0.717) is 23.5 Å². The van der Waals surface area contributed by atoms with Crippen LogP contribution in [0.5, 0.6) is 5.75 Å². The summed E-state index contributed by atoms with van der Waals surface area (Å²) >= 11 is 0. The highest BCUT2D eigenvalue weighted by Crippen LogP contribution is 2.64. The van der Waals surface area contributed by atoms with E-state index in [-0.39, 0.29) is 10.8 Å². The summed E-state index contributed by atoms with van der Waals surface area (Å²) in [4.78, 5) is 0.